The number of H-pyrrole nitrogens is 1. The molecule has 3 rings (SSSR count). The molecule has 0 aliphatic heterocycles. The normalized spacial score (nSPS) is 11.1. The third-order valence-corrected chi connectivity index (χ3v) is 5.43. The lowest BCUT2D eigenvalue weighted by molar-refractivity contribution is 0.101. The molecule has 3 aromatic rings. The Hall–Kier alpha value is -2.99. The molecule has 1 aromatic carbocycles. The van der Waals surface area contributed by atoms with Gasteiger partial charge in [-0.3, -0.25) is 9.79 Å². The molecule has 0 saturated carbocycles. The molecule has 36 heavy (non-hydrogen) atoms. The number of aromatic amines is 1. The highest BCUT2D eigenvalue weighted by Crippen LogP contribution is 2.29. The number of hydrogen-bond acceptors (Lipinski definition) is 5. The standard InChI is InChI=1S/C20H20ClN5O.C7H16.C2H6/c1-4-7-22-16(5-2)17-6-8-23-20(26-17)24-14-9-13-10-18(12(3)27)25-19(13)15(21)11-14;1-3-5-7-6-4-2;1-2/h5-11,25H,4H2,1-3H3,(H,23,24,26);3-7H2,1-2H3;1-2H3/b16-5-,22-7?;;. The van der Waals surface area contributed by atoms with Crippen LogP contribution in [0.15, 0.2) is 41.5 Å². The predicted molar refractivity (Wildman–Crippen MR) is 157 cm³/mol. The van der Waals surface area contributed by atoms with Crippen molar-refractivity contribution >= 4 is 51.8 Å². The highest BCUT2D eigenvalue weighted by Gasteiger charge is 2.10. The zero-order valence-electron chi connectivity index (χ0n) is 22.9. The Balaban J connectivity index is 0.000000623. The number of allylic oxidation sites excluding steroid dienone is 1. The number of hydrogen-bond donors (Lipinski definition) is 2. The number of fused-ring (bicyclic) bond motifs is 1. The average molecular weight is 512 g/mol. The minimum Gasteiger partial charge on any atom is -0.351 e. The van der Waals surface area contributed by atoms with Crippen LogP contribution >= 0.6 is 11.6 Å². The minimum absolute atomic E-state index is 0.0423. The Bertz CT molecular complexity index is 1130. The SMILES string of the molecule is C/C=C(\N=CCC)c1ccnc(Nc2cc(Cl)c3[nH]c(C(C)=O)cc3c2)n1.CC.CCCCCCC. The summed E-state index contributed by atoms with van der Waals surface area (Å²) in [5.74, 6) is 0.399. The molecule has 7 heteroatoms. The van der Waals surface area contributed by atoms with Gasteiger partial charge in [-0.15, -0.1) is 0 Å². The number of aliphatic imine (C=N–C) groups is 1. The number of rotatable bonds is 10. The van der Waals surface area contributed by atoms with E-state index in [2.05, 4.69) is 39.1 Å². The smallest absolute Gasteiger partial charge is 0.227 e. The molecular weight excluding hydrogens is 470 g/mol. The number of anilines is 2. The first-order chi connectivity index (χ1) is 17.4. The van der Waals surface area contributed by atoms with Crippen molar-refractivity contribution in [3.63, 3.8) is 0 Å². The number of halogens is 1. The molecule has 2 heterocycles. The van der Waals surface area contributed by atoms with E-state index in [1.807, 2.05) is 52.1 Å². The summed E-state index contributed by atoms with van der Waals surface area (Å²) in [7, 11) is 0. The molecule has 0 amide bonds. The van der Waals surface area contributed by atoms with Crippen molar-refractivity contribution < 1.29 is 4.79 Å². The van der Waals surface area contributed by atoms with E-state index in [1.54, 1.807) is 18.3 Å². The Morgan fingerprint density at radius 1 is 1.11 bits per heavy atom. The second kappa shape index (κ2) is 17.4. The zero-order valence-corrected chi connectivity index (χ0v) is 23.7. The molecule has 0 bridgehead atoms. The van der Waals surface area contributed by atoms with Gasteiger partial charge in [0.05, 0.1) is 27.6 Å². The number of aromatic nitrogens is 3. The van der Waals surface area contributed by atoms with Gasteiger partial charge in [0.15, 0.2) is 5.78 Å². The number of Topliss-reactive ketones (excluding diaryl/α,β-unsaturated/α-hetero) is 1. The maximum absolute atomic E-state index is 11.6. The Labute approximate surface area is 221 Å². The first-order valence-electron chi connectivity index (χ1n) is 13.1. The lowest BCUT2D eigenvalue weighted by atomic mass is 10.2. The van der Waals surface area contributed by atoms with Crippen molar-refractivity contribution in [2.45, 2.75) is 87.0 Å². The fraction of sp³-hybridized carbons (Fsp3) is 0.448. The molecule has 0 radical (unpaired) electrons. The maximum atomic E-state index is 11.6. The topological polar surface area (TPSA) is 83.0 Å². The number of carbonyl (C=O) groups is 1. The lowest BCUT2D eigenvalue weighted by Gasteiger charge is -2.08. The van der Waals surface area contributed by atoms with E-state index < -0.39 is 0 Å². The molecule has 2 aromatic heterocycles. The van der Waals surface area contributed by atoms with Crippen LogP contribution in [0.1, 0.15) is 103 Å². The summed E-state index contributed by atoms with van der Waals surface area (Å²) in [6.07, 6.45) is 13.3. The largest absolute Gasteiger partial charge is 0.351 e. The van der Waals surface area contributed by atoms with Crippen LogP contribution in [0.2, 0.25) is 5.02 Å². The van der Waals surface area contributed by atoms with Crippen molar-refractivity contribution in [3.8, 4) is 0 Å². The summed E-state index contributed by atoms with van der Waals surface area (Å²) in [6.45, 7) is 14.0. The van der Waals surface area contributed by atoms with Crippen LogP contribution in [0.5, 0.6) is 0 Å². The molecule has 196 valence electrons. The van der Waals surface area contributed by atoms with E-state index in [1.165, 1.54) is 39.0 Å². The van der Waals surface area contributed by atoms with Gasteiger partial charge < -0.3 is 10.3 Å². The van der Waals surface area contributed by atoms with E-state index in [-0.39, 0.29) is 5.78 Å². The number of benzene rings is 1. The highest BCUT2D eigenvalue weighted by molar-refractivity contribution is 6.35. The molecule has 0 fully saturated rings. The molecule has 0 saturated heterocycles. The Morgan fingerprint density at radius 3 is 2.39 bits per heavy atom. The van der Waals surface area contributed by atoms with E-state index in [0.717, 1.165) is 34.4 Å². The maximum Gasteiger partial charge on any atom is 0.227 e. The first-order valence-corrected chi connectivity index (χ1v) is 13.4. The molecule has 0 spiro atoms. The average Bonchev–Trinajstić information content (AvgIpc) is 3.32. The van der Waals surface area contributed by atoms with Crippen LogP contribution in [-0.2, 0) is 0 Å². The van der Waals surface area contributed by atoms with Crippen molar-refractivity contribution in [1.82, 2.24) is 15.0 Å². The molecule has 0 unspecified atom stereocenters. The Kier molecular flexibility index (Phi) is 15.0. The zero-order chi connectivity index (χ0) is 26.9. The van der Waals surface area contributed by atoms with Crippen LogP contribution in [0.3, 0.4) is 0 Å². The predicted octanol–water partition coefficient (Wildman–Crippen LogP) is 9.40. The van der Waals surface area contributed by atoms with E-state index in [0.29, 0.717) is 16.7 Å². The van der Waals surface area contributed by atoms with Crippen molar-refractivity contribution in [1.29, 1.82) is 0 Å². The second-order valence-corrected chi connectivity index (χ2v) is 8.41. The van der Waals surface area contributed by atoms with Gasteiger partial charge in [0.25, 0.3) is 0 Å². The third kappa shape index (κ3) is 9.94. The third-order valence-electron chi connectivity index (χ3n) is 5.13. The van der Waals surface area contributed by atoms with E-state index in [9.17, 15) is 4.79 Å². The van der Waals surface area contributed by atoms with Gasteiger partial charge in [0.2, 0.25) is 5.95 Å². The monoisotopic (exact) mass is 511 g/mol. The van der Waals surface area contributed by atoms with Gasteiger partial charge in [-0.25, -0.2) is 9.97 Å². The van der Waals surface area contributed by atoms with Gasteiger partial charge in [-0.1, -0.05) is 84.4 Å². The van der Waals surface area contributed by atoms with Gasteiger partial charge in [-0.2, -0.15) is 0 Å². The molecule has 6 nitrogen and oxygen atoms in total. The summed E-state index contributed by atoms with van der Waals surface area (Å²) in [5, 5.41) is 4.52. The van der Waals surface area contributed by atoms with Gasteiger partial charge in [-0.05, 0) is 37.6 Å². The molecule has 0 aliphatic rings. The number of ketones is 1. The fourth-order valence-electron chi connectivity index (χ4n) is 3.31. The van der Waals surface area contributed by atoms with Gasteiger partial charge in [0.1, 0.15) is 0 Å². The summed E-state index contributed by atoms with van der Waals surface area (Å²) >= 11 is 6.36. The van der Waals surface area contributed by atoms with Crippen LogP contribution in [-0.4, -0.2) is 26.9 Å². The number of unbranched alkanes of at least 4 members (excludes halogenated alkanes) is 4. The number of carbonyl (C=O) groups excluding carboxylic acids is 1. The van der Waals surface area contributed by atoms with Crippen LogP contribution < -0.4 is 5.32 Å². The second-order valence-electron chi connectivity index (χ2n) is 8.01. The molecular formula is C29H42ClN5O. The number of nitrogens with one attached hydrogen (secondary N) is 2. The summed E-state index contributed by atoms with van der Waals surface area (Å²) < 4.78 is 0. The Morgan fingerprint density at radius 2 is 1.81 bits per heavy atom. The molecule has 0 atom stereocenters. The van der Waals surface area contributed by atoms with E-state index in [4.69, 9.17) is 11.6 Å². The summed E-state index contributed by atoms with van der Waals surface area (Å²) in [6, 6.07) is 7.26. The molecule has 2 N–H and O–H groups in total. The van der Waals surface area contributed by atoms with Crippen LogP contribution in [0.25, 0.3) is 16.6 Å². The summed E-state index contributed by atoms with van der Waals surface area (Å²) in [4.78, 5) is 27.8. The van der Waals surface area contributed by atoms with Gasteiger partial charge in [0, 0.05) is 30.4 Å². The van der Waals surface area contributed by atoms with Crippen molar-refractivity contribution in [2.24, 2.45) is 4.99 Å². The van der Waals surface area contributed by atoms with Crippen molar-refractivity contribution in [3.05, 3.63) is 52.9 Å². The first kappa shape index (κ1) is 31.0. The van der Waals surface area contributed by atoms with Crippen LogP contribution in [0.4, 0.5) is 11.6 Å². The number of nitrogens with zero attached hydrogens (tertiary/aromatic N) is 3. The van der Waals surface area contributed by atoms with E-state index >= 15 is 0 Å². The highest BCUT2D eigenvalue weighted by atomic mass is 35.5. The lowest BCUT2D eigenvalue weighted by Crippen LogP contribution is -1.99. The van der Waals surface area contributed by atoms with Crippen molar-refractivity contribution in [2.75, 3.05) is 5.32 Å². The van der Waals surface area contributed by atoms with Crippen LogP contribution in [0, 0.1) is 0 Å². The quantitative estimate of drug-likeness (QED) is 0.161. The summed E-state index contributed by atoms with van der Waals surface area (Å²) in [5.41, 5.74) is 3.50. The minimum atomic E-state index is -0.0423. The van der Waals surface area contributed by atoms with Gasteiger partial charge >= 0.3 is 0 Å². The molecule has 0 aliphatic carbocycles. The fourth-order valence-corrected chi connectivity index (χ4v) is 3.58.